The molecule has 0 saturated heterocycles. The molecule has 0 aliphatic carbocycles. The number of nitrogens with zero attached hydrogens (tertiary/aromatic N) is 1. The molecule has 0 radical (unpaired) electrons. The fourth-order valence-electron chi connectivity index (χ4n) is 3.72. The van der Waals surface area contributed by atoms with Crippen molar-refractivity contribution in [2.24, 2.45) is 0 Å². The Bertz CT molecular complexity index is 1370. The van der Waals surface area contributed by atoms with E-state index in [-0.39, 0.29) is 15.8 Å². The number of amides is 3. The molecule has 0 saturated carbocycles. The topological polar surface area (TPSA) is 78.5 Å². The summed E-state index contributed by atoms with van der Waals surface area (Å²) in [6.45, 7) is 2.12. The van der Waals surface area contributed by atoms with E-state index in [1.54, 1.807) is 48.5 Å². The smallest absolute Gasteiger partial charge is 0.283 e. The first-order valence-electron chi connectivity index (χ1n) is 11.3. The Kier molecular flexibility index (Phi) is 7.99. The maximum Gasteiger partial charge on any atom is 0.283 e. The third-order valence-corrected chi connectivity index (χ3v) is 6.80. The monoisotopic (exact) mass is 541 g/mol. The molecule has 4 rings (SSSR count). The molecule has 9 heteroatoms. The second-order valence-corrected chi connectivity index (χ2v) is 9.33. The van der Waals surface area contributed by atoms with Crippen molar-refractivity contribution in [2.45, 2.75) is 26.2 Å². The summed E-state index contributed by atoms with van der Waals surface area (Å²) in [6, 6.07) is 18.6. The molecule has 3 aromatic carbocycles. The number of rotatable bonds is 8. The second kappa shape index (κ2) is 11.2. The van der Waals surface area contributed by atoms with Crippen molar-refractivity contribution < 1.29 is 14.4 Å². The highest BCUT2D eigenvalue weighted by Gasteiger charge is 2.39. The van der Waals surface area contributed by atoms with Gasteiger partial charge >= 0.3 is 0 Å². The van der Waals surface area contributed by atoms with Crippen molar-refractivity contribution in [1.82, 2.24) is 0 Å². The standard InChI is InChI=1S/C27H22Cl3N3O3/c1-2-3-6-16-11-13-19(14-12-16)33-26(35)23(30)24(27(33)36)31-18-8-4-7-17(15-18)25(34)32-21-10-5-9-20(28)22(21)29/h4-5,7-15,31H,2-3,6H2,1H3,(H,32,34). The Balaban J connectivity index is 1.50. The molecule has 0 bridgehead atoms. The van der Waals surface area contributed by atoms with E-state index < -0.39 is 17.7 Å². The first-order valence-corrected chi connectivity index (χ1v) is 12.4. The predicted octanol–water partition coefficient (Wildman–Crippen LogP) is 7.02. The molecule has 2 N–H and O–H groups in total. The molecule has 0 aromatic heterocycles. The zero-order chi connectivity index (χ0) is 25.8. The average Bonchev–Trinajstić information content (AvgIpc) is 3.09. The molecule has 0 atom stereocenters. The van der Waals surface area contributed by atoms with Gasteiger partial charge < -0.3 is 10.6 Å². The maximum absolute atomic E-state index is 13.1. The lowest BCUT2D eigenvalue weighted by Crippen LogP contribution is -2.32. The van der Waals surface area contributed by atoms with Gasteiger partial charge in [0.1, 0.15) is 10.7 Å². The summed E-state index contributed by atoms with van der Waals surface area (Å²) in [5.41, 5.74) is 2.58. The van der Waals surface area contributed by atoms with Crippen LogP contribution < -0.4 is 15.5 Å². The number of nitrogens with one attached hydrogen (secondary N) is 2. The fraction of sp³-hybridized carbons (Fsp3) is 0.148. The van der Waals surface area contributed by atoms with Gasteiger partial charge in [-0.3, -0.25) is 14.4 Å². The van der Waals surface area contributed by atoms with Crippen LogP contribution in [0.1, 0.15) is 35.7 Å². The third kappa shape index (κ3) is 5.41. The molecule has 0 spiro atoms. The fourth-order valence-corrected chi connectivity index (χ4v) is 4.28. The van der Waals surface area contributed by atoms with Gasteiger partial charge in [-0.25, -0.2) is 4.90 Å². The lowest BCUT2D eigenvalue weighted by molar-refractivity contribution is -0.120. The molecular formula is C27H22Cl3N3O3. The minimum Gasteiger partial charge on any atom is -0.350 e. The van der Waals surface area contributed by atoms with Crippen LogP contribution in [0.2, 0.25) is 10.0 Å². The van der Waals surface area contributed by atoms with Crippen LogP contribution in [-0.4, -0.2) is 17.7 Å². The van der Waals surface area contributed by atoms with Crippen LogP contribution in [0.25, 0.3) is 0 Å². The van der Waals surface area contributed by atoms with Gasteiger partial charge in [0, 0.05) is 11.3 Å². The highest BCUT2D eigenvalue weighted by Crippen LogP contribution is 2.32. The van der Waals surface area contributed by atoms with E-state index in [1.165, 1.54) is 6.07 Å². The summed E-state index contributed by atoms with van der Waals surface area (Å²) >= 11 is 18.4. The summed E-state index contributed by atoms with van der Waals surface area (Å²) in [5, 5.41) is 5.92. The Labute approximate surface area is 223 Å². The molecule has 1 heterocycles. The Morgan fingerprint density at radius 3 is 2.36 bits per heavy atom. The summed E-state index contributed by atoms with van der Waals surface area (Å²) in [4.78, 5) is 39.7. The first kappa shape index (κ1) is 25.8. The average molecular weight is 543 g/mol. The molecule has 3 amide bonds. The van der Waals surface area contributed by atoms with Gasteiger partial charge in [0.05, 0.1) is 21.4 Å². The van der Waals surface area contributed by atoms with Crippen molar-refractivity contribution in [3.63, 3.8) is 0 Å². The summed E-state index contributed by atoms with van der Waals surface area (Å²) in [7, 11) is 0. The van der Waals surface area contributed by atoms with Crippen LogP contribution in [0.4, 0.5) is 17.1 Å². The zero-order valence-electron chi connectivity index (χ0n) is 19.3. The number of carbonyl (C=O) groups is 3. The van der Waals surface area contributed by atoms with E-state index in [0.717, 1.165) is 29.7 Å². The van der Waals surface area contributed by atoms with Crippen molar-refractivity contribution >= 4 is 69.6 Å². The Morgan fingerprint density at radius 1 is 0.917 bits per heavy atom. The molecule has 184 valence electrons. The van der Waals surface area contributed by atoms with Crippen molar-refractivity contribution in [2.75, 3.05) is 15.5 Å². The van der Waals surface area contributed by atoms with Crippen molar-refractivity contribution in [3.05, 3.63) is 98.6 Å². The van der Waals surface area contributed by atoms with Crippen LogP contribution >= 0.6 is 34.8 Å². The van der Waals surface area contributed by atoms with Crippen LogP contribution in [0.3, 0.4) is 0 Å². The summed E-state index contributed by atoms with van der Waals surface area (Å²) in [6.07, 6.45) is 3.07. The quantitative estimate of drug-likeness (QED) is 0.300. The minimum absolute atomic E-state index is 0.0628. The highest BCUT2D eigenvalue weighted by atomic mass is 35.5. The number of benzene rings is 3. The number of aryl methyl sites for hydroxylation is 1. The van der Waals surface area contributed by atoms with E-state index in [2.05, 4.69) is 17.6 Å². The van der Waals surface area contributed by atoms with Gasteiger partial charge in [-0.2, -0.15) is 0 Å². The van der Waals surface area contributed by atoms with E-state index in [0.29, 0.717) is 27.6 Å². The van der Waals surface area contributed by atoms with Crippen LogP contribution in [0.5, 0.6) is 0 Å². The molecule has 1 aliphatic heterocycles. The molecule has 0 unspecified atom stereocenters. The number of anilines is 3. The minimum atomic E-state index is -0.616. The first-order chi connectivity index (χ1) is 17.3. The van der Waals surface area contributed by atoms with E-state index in [4.69, 9.17) is 34.8 Å². The maximum atomic E-state index is 13.1. The van der Waals surface area contributed by atoms with Crippen molar-refractivity contribution in [1.29, 1.82) is 0 Å². The number of imide groups is 1. The number of carbonyl (C=O) groups excluding carboxylic acids is 3. The molecule has 6 nitrogen and oxygen atoms in total. The third-order valence-electron chi connectivity index (χ3n) is 5.63. The lowest BCUT2D eigenvalue weighted by Gasteiger charge is -2.16. The number of halogens is 3. The second-order valence-electron chi connectivity index (χ2n) is 8.17. The number of hydrogen-bond acceptors (Lipinski definition) is 4. The molecule has 3 aromatic rings. The van der Waals surface area contributed by atoms with Crippen molar-refractivity contribution in [3.8, 4) is 0 Å². The number of unbranched alkanes of at least 4 members (excludes halogenated alkanes) is 1. The van der Waals surface area contributed by atoms with Crippen LogP contribution in [0, 0.1) is 0 Å². The molecule has 36 heavy (non-hydrogen) atoms. The largest absolute Gasteiger partial charge is 0.350 e. The molecular weight excluding hydrogens is 521 g/mol. The Morgan fingerprint density at radius 2 is 1.64 bits per heavy atom. The lowest BCUT2D eigenvalue weighted by atomic mass is 10.1. The van der Waals surface area contributed by atoms with E-state index in [1.807, 2.05) is 12.1 Å². The summed E-state index contributed by atoms with van der Waals surface area (Å²) in [5.74, 6) is -1.62. The normalized spacial score (nSPS) is 13.4. The van der Waals surface area contributed by atoms with E-state index >= 15 is 0 Å². The zero-order valence-corrected chi connectivity index (χ0v) is 21.5. The highest BCUT2D eigenvalue weighted by molar-refractivity contribution is 6.53. The predicted molar refractivity (Wildman–Crippen MR) is 145 cm³/mol. The van der Waals surface area contributed by atoms with Gasteiger partial charge in [-0.15, -0.1) is 0 Å². The van der Waals surface area contributed by atoms with Gasteiger partial charge in [0.25, 0.3) is 17.7 Å². The van der Waals surface area contributed by atoms with Crippen LogP contribution in [0.15, 0.2) is 77.5 Å². The molecule has 1 aliphatic rings. The van der Waals surface area contributed by atoms with Gasteiger partial charge in [-0.1, -0.05) is 72.4 Å². The summed E-state index contributed by atoms with van der Waals surface area (Å²) < 4.78 is 0. The van der Waals surface area contributed by atoms with Gasteiger partial charge in [0.2, 0.25) is 0 Å². The number of hydrogen-bond donors (Lipinski definition) is 2. The van der Waals surface area contributed by atoms with E-state index in [9.17, 15) is 14.4 Å². The SMILES string of the molecule is CCCCc1ccc(N2C(=O)C(Cl)=C(Nc3cccc(C(=O)Nc4cccc(Cl)c4Cl)c3)C2=O)cc1. The molecule has 0 fully saturated rings. The van der Waals surface area contributed by atoms with Gasteiger partial charge in [-0.05, 0) is 60.9 Å². The van der Waals surface area contributed by atoms with Gasteiger partial charge in [0.15, 0.2) is 0 Å². The van der Waals surface area contributed by atoms with Crippen LogP contribution in [-0.2, 0) is 16.0 Å². The Hall–Kier alpha value is -3.32.